The maximum absolute atomic E-state index is 11.7. The molecule has 142 valence electrons. The van der Waals surface area contributed by atoms with Crippen molar-refractivity contribution >= 4 is 41.5 Å². The zero-order chi connectivity index (χ0) is 19.6. The van der Waals surface area contributed by atoms with Crippen LogP contribution in [-0.4, -0.2) is 52.6 Å². The normalized spacial score (nSPS) is 11.9. The van der Waals surface area contributed by atoms with E-state index in [0.29, 0.717) is 5.69 Å². The van der Waals surface area contributed by atoms with Gasteiger partial charge in [0.05, 0.1) is 12.6 Å². The fourth-order valence-electron chi connectivity index (χ4n) is 2.09. The zero-order valence-electron chi connectivity index (χ0n) is 14.5. The van der Waals surface area contributed by atoms with Crippen LogP contribution in [-0.2, 0) is 0 Å². The second-order valence-electron chi connectivity index (χ2n) is 5.42. The first-order valence-corrected chi connectivity index (χ1v) is 8.04. The molecular formula is C16H22N9O2+. The molecule has 1 heterocycles. The van der Waals surface area contributed by atoms with Crippen molar-refractivity contribution in [3.05, 3.63) is 36.0 Å². The maximum atomic E-state index is 11.7. The van der Waals surface area contributed by atoms with E-state index < -0.39 is 11.9 Å². The number of carbonyl (C=O) groups is 1. The summed E-state index contributed by atoms with van der Waals surface area (Å²) >= 11 is 0. The molecule has 1 amide bonds. The Bertz CT molecular complexity index is 821. The molecule has 1 aromatic heterocycles. The molecule has 11 heteroatoms. The number of anilines is 3. The number of hydrogen-bond acceptors (Lipinski definition) is 9. The monoisotopic (exact) mass is 372 g/mol. The zero-order valence-corrected chi connectivity index (χ0v) is 14.5. The third-order valence-corrected chi connectivity index (χ3v) is 3.43. The minimum Gasteiger partial charge on any atom is -0.394 e. The summed E-state index contributed by atoms with van der Waals surface area (Å²) in [6.07, 6.45) is 3.73. The third-order valence-electron chi connectivity index (χ3n) is 3.43. The van der Waals surface area contributed by atoms with Crippen LogP contribution >= 0.6 is 0 Å². The Labute approximate surface area is 155 Å². The van der Waals surface area contributed by atoms with E-state index in [9.17, 15) is 9.90 Å². The van der Waals surface area contributed by atoms with Crippen LogP contribution in [0.5, 0.6) is 0 Å². The van der Waals surface area contributed by atoms with Gasteiger partial charge in [0.2, 0.25) is 5.95 Å². The molecule has 2 rings (SSSR count). The highest BCUT2D eigenvalue weighted by molar-refractivity contribution is 6.14. The molecule has 0 aliphatic carbocycles. The number of aromatic nitrogens is 2. The number of hydrogen-bond donors (Lipinski definition) is 7. The number of carbonyl (C=O) groups excluding carboxylic acids is 1. The second kappa shape index (κ2) is 9.91. The highest BCUT2D eigenvalue weighted by atomic mass is 16.3. The number of aliphatic hydroxyl groups is 1. The molecule has 1 unspecified atom stereocenters. The molecule has 0 radical (unpaired) electrons. The molecule has 1 aromatic carbocycles. The van der Waals surface area contributed by atoms with Crippen LogP contribution in [0.25, 0.3) is 0 Å². The van der Waals surface area contributed by atoms with E-state index in [1.54, 1.807) is 23.6 Å². The van der Waals surface area contributed by atoms with Crippen molar-refractivity contribution in [2.24, 2.45) is 16.6 Å². The Morgan fingerprint density at radius 3 is 2.96 bits per heavy atom. The number of aliphatic hydroxyl groups excluding tert-OH is 1. The summed E-state index contributed by atoms with van der Waals surface area (Å²) in [5.41, 5.74) is 14.1. The van der Waals surface area contributed by atoms with Crippen molar-refractivity contribution in [2.45, 2.75) is 6.04 Å². The predicted octanol–water partition coefficient (Wildman–Crippen LogP) is -1.12. The third kappa shape index (κ3) is 5.81. The van der Waals surface area contributed by atoms with Gasteiger partial charge in [-0.15, -0.1) is 0 Å². The van der Waals surface area contributed by atoms with Crippen LogP contribution in [0.4, 0.5) is 23.1 Å². The van der Waals surface area contributed by atoms with Gasteiger partial charge in [0.15, 0.2) is 5.69 Å². The SMILES string of the molecule is N=CC=N[NH2+]c1cccc(Nc2nc(NC(CN)CO)ncc2C(N)=O)c1. The van der Waals surface area contributed by atoms with E-state index in [4.69, 9.17) is 16.9 Å². The van der Waals surface area contributed by atoms with E-state index in [2.05, 4.69) is 25.7 Å². The number of benzene rings is 1. The fraction of sp³-hybridized carbons (Fsp3) is 0.188. The van der Waals surface area contributed by atoms with E-state index in [1.807, 2.05) is 6.07 Å². The van der Waals surface area contributed by atoms with Gasteiger partial charge in [-0.1, -0.05) is 11.2 Å². The molecule has 0 saturated carbocycles. The van der Waals surface area contributed by atoms with Crippen LogP contribution < -0.4 is 27.5 Å². The Kier molecular flexibility index (Phi) is 7.31. The van der Waals surface area contributed by atoms with E-state index >= 15 is 0 Å². The van der Waals surface area contributed by atoms with Gasteiger partial charge in [0, 0.05) is 36.8 Å². The standard InChI is InChI=1S/C16H21N9O2/c17-4-5-21-25-11-3-1-2-10(6-11)22-15-13(14(19)27)8-20-16(24-15)23-12(7-18)9-26/h1-6,8,12,17,25-26H,7,9,18H2,(H2,19,27)(H2,20,22,23,24)/p+1. The Hall–Kier alpha value is -3.41. The molecule has 1 atom stereocenters. The molecule has 0 spiro atoms. The molecule has 0 bridgehead atoms. The van der Waals surface area contributed by atoms with Crippen molar-refractivity contribution in [1.29, 1.82) is 5.41 Å². The van der Waals surface area contributed by atoms with Crippen LogP contribution in [0.2, 0.25) is 0 Å². The predicted molar refractivity (Wildman–Crippen MR) is 103 cm³/mol. The van der Waals surface area contributed by atoms with E-state index in [1.165, 1.54) is 12.4 Å². The van der Waals surface area contributed by atoms with Crippen LogP contribution in [0.1, 0.15) is 10.4 Å². The van der Waals surface area contributed by atoms with Crippen LogP contribution in [0, 0.1) is 5.41 Å². The van der Waals surface area contributed by atoms with E-state index in [-0.39, 0.29) is 30.5 Å². The summed E-state index contributed by atoms with van der Waals surface area (Å²) in [6.45, 7) is 0.00266. The average molecular weight is 372 g/mol. The minimum absolute atomic E-state index is 0.116. The first-order valence-electron chi connectivity index (χ1n) is 8.04. The van der Waals surface area contributed by atoms with Gasteiger partial charge >= 0.3 is 0 Å². The highest BCUT2D eigenvalue weighted by Gasteiger charge is 2.14. The summed E-state index contributed by atoms with van der Waals surface area (Å²) in [4.78, 5) is 20.0. The largest absolute Gasteiger partial charge is 0.394 e. The number of nitrogens with two attached hydrogens (primary N) is 3. The lowest BCUT2D eigenvalue weighted by atomic mass is 10.2. The van der Waals surface area contributed by atoms with Gasteiger partial charge in [0.1, 0.15) is 17.6 Å². The maximum Gasteiger partial charge on any atom is 0.254 e. The number of primary amides is 1. The lowest BCUT2D eigenvalue weighted by Crippen LogP contribution is -2.71. The summed E-state index contributed by atoms with van der Waals surface area (Å²) < 4.78 is 0. The quantitative estimate of drug-likeness (QED) is 0.119. The number of nitrogens with zero attached hydrogens (tertiary/aromatic N) is 3. The molecule has 0 aliphatic heterocycles. The topological polar surface area (TPSA) is 192 Å². The van der Waals surface area contributed by atoms with Gasteiger partial charge < -0.3 is 32.6 Å². The van der Waals surface area contributed by atoms with Crippen molar-refractivity contribution in [1.82, 2.24) is 9.97 Å². The molecule has 27 heavy (non-hydrogen) atoms. The summed E-state index contributed by atoms with van der Waals surface area (Å²) in [5.74, 6) is -0.265. The number of nitrogens with one attached hydrogen (secondary N) is 3. The van der Waals surface area contributed by atoms with E-state index in [0.717, 1.165) is 11.9 Å². The first kappa shape index (κ1) is 19.9. The van der Waals surface area contributed by atoms with Crippen LogP contribution in [0.15, 0.2) is 35.6 Å². The van der Waals surface area contributed by atoms with Gasteiger partial charge in [0.25, 0.3) is 5.91 Å². The Morgan fingerprint density at radius 1 is 1.48 bits per heavy atom. The van der Waals surface area contributed by atoms with Gasteiger partial charge in [-0.25, -0.2) is 4.98 Å². The van der Waals surface area contributed by atoms with Crippen molar-refractivity contribution in [3.63, 3.8) is 0 Å². The summed E-state index contributed by atoms with van der Waals surface area (Å²) in [6, 6.07) is 6.80. The Balaban J connectivity index is 2.27. The average Bonchev–Trinajstić information content (AvgIpc) is 2.66. The summed E-state index contributed by atoms with van der Waals surface area (Å²) in [5, 5.41) is 26.0. The van der Waals surface area contributed by atoms with Crippen molar-refractivity contribution in [3.8, 4) is 0 Å². The first-order chi connectivity index (χ1) is 13.1. The van der Waals surface area contributed by atoms with Gasteiger partial charge in [-0.2, -0.15) is 10.4 Å². The lowest BCUT2D eigenvalue weighted by molar-refractivity contribution is -0.576. The van der Waals surface area contributed by atoms with Gasteiger partial charge in [-0.3, -0.25) is 4.79 Å². The van der Waals surface area contributed by atoms with Gasteiger partial charge in [-0.05, 0) is 6.07 Å². The molecule has 0 aliphatic rings. The molecule has 2 aromatic rings. The molecule has 10 N–H and O–H groups in total. The van der Waals surface area contributed by atoms with Crippen molar-refractivity contribution in [2.75, 3.05) is 23.8 Å². The smallest absolute Gasteiger partial charge is 0.254 e. The number of quaternary nitrogens is 1. The highest BCUT2D eigenvalue weighted by Crippen LogP contribution is 2.21. The number of amides is 1. The number of rotatable bonds is 10. The lowest BCUT2D eigenvalue weighted by Gasteiger charge is -2.15. The molecule has 11 nitrogen and oxygen atoms in total. The van der Waals surface area contributed by atoms with Crippen molar-refractivity contribution < 1.29 is 15.3 Å². The fourth-order valence-corrected chi connectivity index (χ4v) is 2.09. The molecular weight excluding hydrogens is 350 g/mol. The summed E-state index contributed by atoms with van der Waals surface area (Å²) in [7, 11) is 0. The minimum atomic E-state index is -0.681. The van der Waals surface area contributed by atoms with Crippen LogP contribution in [0.3, 0.4) is 0 Å². The molecule has 0 fully saturated rings. The Morgan fingerprint density at radius 2 is 2.30 bits per heavy atom. The molecule has 0 saturated heterocycles. The second-order valence-corrected chi connectivity index (χ2v) is 5.42.